The lowest BCUT2D eigenvalue weighted by atomic mass is 10.4. The Balaban J connectivity index is 2.54. The van der Waals surface area contributed by atoms with Crippen LogP contribution >= 0.6 is 0 Å². The Hall–Kier alpha value is -1.92. The van der Waals surface area contributed by atoms with E-state index in [-0.39, 0.29) is 12.4 Å². The molecule has 0 spiro atoms. The van der Waals surface area contributed by atoms with Crippen LogP contribution < -0.4 is 0 Å². The lowest BCUT2D eigenvalue weighted by molar-refractivity contribution is -0.390. The molecule has 7 heteroatoms. The molecule has 0 aliphatic carbocycles. The first kappa shape index (κ1) is 11.2. The average Bonchev–Trinajstić information content (AvgIpc) is 2.66. The van der Waals surface area contributed by atoms with E-state index in [9.17, 15) is 14.9 Å². The number of nitrogens with zero attached hydrogens (tertiary/aromatic N) is 2. The van der Waals surface area contributed by atoms with Gasteiger partial charge in [0.05, 0.1) is 12.7 Å². The molecule has 0 unspecified atom stereocenters. The summed E-state index contributed by atoms with van der Waals surface area (Å²) in [6, 6.07) is 0.939. The molecule has 0 aliphatic rings. The Morgan fingerprint density at radius 3 is 3.00 bits per heavy atom. The highest BCUT2D eigenvalue weighted by Crippen LogP contribution is 2.12. The largest absolute Gasteiger partial charge is 0.460 e. The number of hydrogen-bond acceptors (Lipinski definition) is 6. The van der Waals surface area contributed by atoms with Crippen LogP contribution in [0.1, 0.15) is 30.3 Å². The molecule has 0 aromatic carbocycles. The third-order valence-corrected chi connectivity index (χ3v) is 1.62. The monoisotopic (exact) mass is 214 g/mol. The van der Waals surface area contributed by atoms with Gasteiger partial charge in [-0.05, 0) is 11.3 Å². The molecule has 0 atom stereocenters. The zero-order chi connectivity index (χ0) is 11.3. The van der Waals surface area contributed by atoms with Gasteiger partial charge in [0.15, 0.2) is 5.16 Å². The molecule has 0 amide bonds. The number of rotatable bonds is 5. The molecule has 0 aliphatic heterocycles. The summed E-state index contributed by atoms with van der Waals surface area (Å²) in [6.07, 6.45) is 1.63. The maximum absolute atomic E-state index is 11.2. The van der Waals surface area contributed by atoms with Crippen molar-refractivity contribution in [1.29, 1.82) is 0 Å². The zero-order valence-corrected chi connectivity index (χ0v) is 8.13. The number of carbonyl (C=O) groups excluding carboxylic acids is 1. The fraction of sp³-hybridized carbons (Fsp3) is 0.500. The Morgan fingerprint density at radius 2 is 2.47 bits per heavy atom. The van der Waals surface area contributed by atoms with Gasteiger partial charge < -0.3 is 14.9 Å². The second-order valence-corrected chi connectivity index (χ2v) is 2.80. The van der Waals surface area contributed by atoms with Crippen molar-refractivity contribution in [3.63, 3.8) is 0 Å². The van der Waals surface area contributed by atoms with Crippen LogP contribution in [-0.4, -0.2) is 22.7 Å². The second-order valence-electron chi connectivity index (χ2n) is 2.80. The summed E-state index contributed by atoms with van der Waals surface area (Å²) >= 11 is 0. The van der Waals surface area contributed by atoms with Gasteiger partial charge in [0.2, 0.25) is 0 Å². The predicted octanol–water partition coefficient (Wildman–Crippen LogP) is 1.54. The van der Waals surface area contributed by atoms with E-state index in [2.05, 4.69) is 9.68 Å². The fourth-order valence-electron chi connectivity index (χ4n) is 0.828. The number of hydrogen-bond donors (Lipinski definition) is 0. The molecule has 0 saturated carbocycles. The van der Waals surface area contributed by atoms with Crippen LogP contribution in [-0.2, 0) is 4.74 Å². The molecule has 0 saturated heterocycles. The third-order valence-electron chi connectivity index (χ3n) is 1.62. The van der Waals surface area contributed by atoms with Crippen molar-refractivity contribution in [3.8, 4) is 0 Å². The van der Waals surface area contributed by atoms with E-state index in [0.717, 1.165) is 18.9 Å². The minimum Gasteiger partial charge on any atom is -0.460 e. The molecule has 1 rings (SSSR count). The lowest BCUT2D eigenvalue weighted by Crippen LogP contribution is -2.04. The molecule has 0 bridgehead atoms. The topological polar surface area (TPSA) is 95.5 Å². The number of unbranched alkanes of at least 4 members (excludes halogenated alkanes) is 1. The normalized spacial score (nSPS) is 9.93. The van der Waals surface area contributed by atoms with Crippen molar-refractivity contribution in [1.82, 2.24) is 5.16 Å². The summed E-state index contributed by atoms with van der Waals surface area (Å²) < 4.78 is 9.22. The summed E-state index contributed by atoms with van der Waals surface area (Å²) in [5.41, 5.74) is 0. The van der Waals surface area contributed by atoms with Crippen molar-refractivity contribution < 1.29 is 19.0 Å². The van der Waals surface area contributed by atoms with Crippen LogP contribution in [0.15, 0.2) is 10.6 Å². The molecule has 1 aromatic heterocycles. The predicted molar refractivity (Wildman–Crippen MR) is 48.3 cm³/mol. The first-order chi connectivity index (χ1) is 7.15. The fourth-order valence-corrected chi connectivity index (χ4v) is 0.828. The van der Waals surface area contributed by atoms with Crippen molar-refractivity contribution in [2.45, 2.75) is 19.8 Å². The molecule has 0 fully saturated rings. The van der Waals surface area contributed by atoms with Crippen LogP contribution in [0.3, 0.4) is 0 Å². The molecule has 1 aromatic rings. The van der Waals surface area contributed by atoms with Gasteiger partial charge in [0.1, 0.15) is 0 Å². The average molecular weight is 214 g/mol. The van der Waals surface area contributed by atoms with Crippen LogP contribution in [0.4, 0.5) is 5.82 Å². The van der Waals surface area contributed by atoms with E-state index in [1.807, 2.05) is 6.92 Å². The summed E-state index contributed by atoms with van der Waals surface area (Å²) in [5, 5.41) is 13.3. The highest BCUT2D eigenvalue weighted by atomic mass is 16.6. The number of carbonyl (C=O) groups is 1. The maximum Gasteiger partial charge on any atom is 0.414 e. The van der Waals surface area contributed by atoms with Crippen LogP contribution in [0, 0.1) is 10.1 Å². The van der Waals surface area contributed by atoms with Crippen molar-refractivity contribution in [2.24, 2.45) is 0 Å². The maximum atomic E-state index is 11.2. The molecule has 7 nitrogen and oxygen atoms in total. The first-order valence-electron chi connectivity index (χ1n) is 4.43. The Bertz CT molecular complexity index is 360. The molecule has 0 radical (unpaired) electrons. The van der Waals surface area contributed by atoms with E-state index >= 15 is 0 Å². The number of nitro groups is 1. The van der Waals surface area contributed by atoms with Gasteiger partial charge in [-0.25, -0.2) is 9.32 Å². The van der Waals surface area contributed by atoms with Crippen LogP contribution in [0.2, 0.25) is 0 Å². The van der Waals surface area contributed by atoms with Crippen LogP contribution in [0.5, 0.6) is 0 Å². The SMILES string of the molecule is CCCCOC(=O)c1cc([N+](=O)[O-])no1. The molecule has 0 N–H and O–H groups in total. The van der Waals surface area contributed by atoms with Gasteiger partial charge in [-0.15, -0.1) is 0 Å². The molecule has 15 heavy (non-hydrogen) atoms. The van der Waals surface area contributed by atoms with Gasteiger partial charge in [-0.3, -0.25) is 0 Å². The van der Waals surface area contributed by atoms with E-state index in [4.69, 9.17) is 4.74 Å². The van der Waals surface area contributed by atoms with E-state index < -0.39 is 16.7 Å². The van der Waals surface area contributed by atoms with Gasteiger partial charge >= 0.3 is 11.8 Å². The Labute approximate surface area is 85.1 Å². The molecule has 82 valence electrons. The second kappa shape index (κ2) is 5.08. The minimum absolute atomic E-state index is 0.252. The van der Waals surface area contributed by atoms with Gasteiger partial charge in [0, 0.05) is 0 Å². The quantitative estimate of drug-likeness (QED) is 0.319. The highest BCUT2D eigenvalue weighted by molar-refractivity contribution is 5.86. The zero-order valence-electron chi connectivity index (χ0n) is 8.13. The van der Waals surface area contributed by atoms with E-state index in [1.165, 1.54) is 0 Å². The van der Waals surface area contributed by atoms with E-state index in [1.54, 1.807) is 0 Å². The number of esters is 1. The summed E-state index contributed by atoms with van der Waals surface area (Å²) in [7, 11) is 0. The van der Waals surface area contributed by atoms with Crippen LogP contribution in [0.25, 0.3) is 0 Å². The Morgan fingerprint density at radius 1 is 1.73 bits per heavy atom. The van der Waals surface area contributed by atoms with E-state index in [0.29, 0.717) is 0 Å². The molecular weight excluding hydrogens is 204 g/mol. The van der Waals surface area contributed by atoms with Crippen molar-refractivity contribution in [2.75, 3.05) is 6.61 Å². The first-order valence-corrected chi connectivity index (χ1v) is 4.43. The van der Waals surface area contributed by atoms with Gasteiger partial charge in [-0.2, -0.15) is 0 Å². The smallest absolute Gasteiger partial charge is 0.414 e. The van der Waals surface area contributed by atoms with Crippen molar-refractivity contribution in [3.05, 3.63) is 21.9 Å². The summed E-state index contributed by atoms with van der Waals surface area (Å²) in [5.74, 6) is -1.49. The minimum atomic E-state index is -0.744. The third kappa shape index (κ3) is 3.04. The highest BCUT2D eigenvalue weighted by Gasteiger charge is 2.21. The molecular formula is C8H10N2O5. The number of aromatic nitrogens is 1. The summed E-state index contributed by atoms with van der Waals surface area (Å²) in [4.78, 5) is 20.7. The number of ether oxygens (including phenoxy) is 1. The molecule has 1 heterocycles. The van der Waals surface area contributed by atoms with Crippen molar-refractivity contribution >= 4 is 11.8 Å². The Kier molecular flexibility index (Phi) is 3.78. The standard InChI is InChI=1S/C8H10N2O5/c1-2-3-4-14-8(11)6-5-7(9-15-6)10(12)13/h5H,2-4H2,1H3. The van der Waals surface area contributed by atoms with Gasteiger partial charge in [0.25, 0.3) is 5.76 Å². The lowest BCUT2D eigenvalue weighted by Gasteiger charge is -1.98. The van der Waals surface area contributed by atoms with Gasteiger partial charge in [-0.1, -0.05) is 13.3 Å². The summed E-state index contributed by atoms with van der Waals surface area (Å²) in [6.45, 7) is 2.22.